The topological polar surface area (TPSA) is 68.1 Å². The summed E-state index contributed by atoms with van der Waals surface area (Å²) in [6.07, 6.45) is 2.03. The van der Waals surface area contributed by atoms with Gasteiger partial charge in [0.15, 0.2) is 0 Å². The second kappa shape index (κ2) is 8.70. The smallest absolute Gasteiger partial charge is 0.210 e. The lowest BCUT2D eigenvalue weighted by molar-refractivity contribution is -0.0348. The molecule has 1 fully saturated rings. The zero-order chi connectivity index (χ0) is 21.2. The van der Waals surface area contributed by atoms with Crippen molar-refractivity contribution in [2.45, 2.75) is 26.1 Å². The summed E-state index contributed by atoms with van der Waals surface area (Å²) in [5.74, 6) is 0.523. The molecule has 1 atom stereocenters. The molecule has 3 aromatic heterocycles. The molecule has 1 aliphatic heterocycles. The van der Waals surface area contributed by atoms with E-state index in [1.54, 1.807) is 11.6 Å². The molecule has 5 rings (SSSR count). The van der Waals surface area contributed by atoms with Crippen molar-refractivity contribution in [2.24, 2.45) is 0 Å². The summed E-state index contributed by atoms with van der Waals surface area (Å²) in [7, 11) is 0. The summed E-state index contributed by atoms with van der Waals surface area (Å²) in [4.78, 5) is 7.09. The van der Waals surface area contributed by atoms with Gasteiger partial charge in [0.2, 0.25) is 5.13 Å². The Morgan fingerprint density at radius 3 is 3.06 bits per heavy atom. The van der Waals surface area contributed by atoms with E-state index in [0.29, 0.717) is 11.7 Å². The van der Waals surface area contributed by atoms with Gasteiger partial charge in [-0.2, -0.15) is 0 Å². The third-order valence-corrected chi connectivity index (χ3v) is 6.11. The molecule has 0 unspecified atom stereocenters. The van der Waals surface area contributed by atoms with Crippen molar-refractivity contribution >= 4 is 33.2 Å². The molecule has 1 N–H and O–H groups in total. The van der Waals surface area contributed by atoms with E-state index in [1.807, 2.05) is 24.3 Å². The molecule has 4 heterocycles. The first-order chi connectivity index (χ1) is 15.2. The van der Waals surface area contributed by atoms with Gasteiger partial charge in [0.1, 0.15) is 23.2 Å². The number of hydrogen-bond acceptors (Lipinski definition) is 7. The van der Waals surface area contributed by atoms with Crippen LogP contribution in [0.3, 0.4) is 0 Å². The fraction of sp³-hybridized carbons (Fsp3) is 0.318. The first-order valence-corrected chi connectivity index (χ1v) is 11.2. The highest BCUT2D eigenvalue weighted by atomic mass is 32.1. The van der Waals surface area contributed by atoms with E-state index >= 15 is 0 Å². The highest BCUT2D eigenvalue weighted by Crippen LogP contribution is 2.27. The van der Waals surface area contributed by atoms with Crippen molar-refractivity contribution in [2.75, 3.05) is 25.0 Å². The van der Waals surface area contributed by atoms with Gasteiger partial charge in [0, 0.05) is 37.8 Å². The van der Waals surface area contributed by atoms with Crippen molar-refractivity contribution < 1.29 is 9.13 Å². The Hall–Kier alpha value is -2.88. The SMILES string of the molecule is CCn1cc(CN2CCO[C@@H](c3cccc(Nc4nncs4)n3)C2)c2ccc(F)cc21. The molecule has 9 heteroatoms. The summed E-state index contributed by atoms with van der Waals surface area (Å²) in [6.45, 7) is 5.91. The van der Waals surface area contributed by atoms with E-state index in [2.05, 4.69) is 38.1 Å². The van der Waals surface area contributed by atoms with Crippen LogP contribution in [0.15, 0.2) is 48.1 Å². The predicted octanol–water partition coefficient (Wildman–Crippen LogP) is 4.36. The third-order valence-electron chi connectivity index (χ3n) is 5.51. The molecule has 0 amide bonds. The standard InChI is InChI=1S/C22H23FN6OS/c1-2-29-12-15(17-7-6-16(23)10-19(17)29)11-28-8-9-30-20(13-28)18-4-3-5-21(25-18)26-22-27-24-14-31-22/h3-7,10,12,14,20H,2,8-9,11,13H2,1H3,(H,25,26,27)/t20-/m1/s1. The monoisotopic (exact) mass is 438 g/mol. The number of hydrogen-bond donors (Lipinski definition) is 1. The molecule has 160 valence electrons. The Balaban J connectivity index is 1.33. The number of morpholine rings is 1. The maximum Gasteiger partial charge on any atom is 0.210 e. The predicted molar refractivity (Wildman–Crippen MR) is 119 cm³/mol. The third kappa shape index (κ3) is 4.30. The second-order valence-corrected chi connectivity index (χ2v) is 8.35. The Bertz CT molecular complexity index is 1180. The van der Waals surface area contributed by atoms with Gasteiger partial charge < -0.3 is 14.6 Å². The second-order valence-electron chi connectivity index (χ2n) is 7.51. The minimum Gasteiger partial charge on any atom is -0.369 e. The lowest BCUT2D eigenvalue weighted by atomic mass is 10.1. The van der Waals surface area contributed by atoms with E-state index < -0.39 is 0 Å². The molecule has 1 aliphatic rings. The van der Waals surface area contributed by atoms with Crippen LogP contribution < -0.4 is 5.32 Å². The van der Waals surface area contributed by atoms with Gasteiger partial charge in [-0.05, 0) is 42.8 Å². The van der Waals surface area contributed by atoms with Gasteiger partial charge in [-0.3, -0.25) is 4.90 Å². The van der Waals surface area contributed by atoms with Gasteiger partial charge in [-0.25, -0.2) is 9.37 Å². The van der Waals surface area contributed by atoms with Gasteiger partial charge in [0.25, 0.3) is 0 Å². The molecule has 0 spiro atoms. The van der Waals surface area contributed by atoms with Crippen LogP contribution in [0.5, 0.6) is 0 Å². The molecule has 1 saturated heterocycles. The normalized spacial score (nSPS) is 17.3. The van der Waals surface area contributed by atoms with Gasteiger partial charge >= 0.3 is 0 Å². The van der Waals surface area contributed by atoms with Crippen LogP contribution >= 0.6 is 11.3 Å². The Morgan fingerprint density at radius 2 is 2.23 bits per heavy atom. The van der Waals surface area contributed by atoms with Gasteiger partial charge in [-0.15, -0.1) is 10.2 Å². The molecule has 0 radical (unpaired) electrons. The van der Waals surface area contributed by atoms with Crippen LogP contribution in [-0.4, -0.2) is 44.3 Å². The van der Waals surface area contributed by atoms with Crippen LogP contribution in [-0.2, 0) is 17.8 Å². The molecule has 0 saturated carbocycles. The Kier molecular flexibility index (Phi) is 5.63. The Morgan fingerprint density at radius 1 is 1.29 bits per heavy atom. The largest absolute Gasteiger partial charge is 0.369 e. The highest BCUT2D eigenvalue weighted by Gasteiger charge is 2.24. The molecule has 31 heavy (non-hydrogen) atoms. The van der Waals surface area contributed by atoms with Gasteiger partial charge in [0.05, 0.1) is 17.8 Å². The van der Waals surface area contributed by atoms with E-state index in [-0.39, 0.29) is 11.9 Å². The number of rotatable bonds is 6. The summed E-state index contributed by atoms with van der Waals surface area (Å²) in [6, 6.07) is 10.9. The number of nitrogens with one attached hydrogen (secondary N) is 1. The van der Waals surface area contributed by atoms with Crippen LogP contribution in [0.2, 0.25) is 0 Å². The molecule has 0 aliphatic carbocycles. The number of halogens is 1. The summed E-state index contributed by atoms with van der Waals surface area (Å²) >= 11 is 1.43. The van der Waals surface area contributed by atoms with Crippen molar-refractivity contribution in [3.63, 3.8) is 0 Å². The minimum atomic E-state index is -0.202. The number of fused-ring (bicyclic) bond motifs is 1. The fourth-order valence-corrected chi connectivity index (χ4v) is 4.48. The van der Waals surface area contributed by atoms with Crippen LogP contribution in [0.4, 0.5) is 15.3 Å². The molecular formula is C22H23FN6OS. The number of benzene rings is 1. The van der Waals surface area contributed by atoms with Crippen LogP contribution in [0.25, 0.3) is 10.9 Å². The number of pyridine rings is 1. The van der Waals surface area contributed by atoms with Crippen LogP contribution in [0, 0.1) is 5.82 Å². The minimum absolute atomic E-state index is 0.109. The number of aryl methyl sites for hydroxylation is 1. The number of nitrogens with zero attached hydrogens (tertiary/aromatic N) is 5. The number of aromatic nitrogens is 4. The maximum atomic E-state index is 13.8. The van der Waals surface area contributed by atoms with E-state index in [9.17, 15) is 4.39 Å². The average molecular weight is 439 g/mol. The quantitative estimate of drug-likeness (QED) is 0.482. The lowest BCUT2D eigenvalue weighted by Gasteiger charge is -2.32. The van der Waals surface area contributed by atoms with E-state index in [0.717, 1.165) is 48.6 Å². The highest BCUT2D eigenvalue weighted by molar-refractivity contribution is 7.13. The first-order valence-electron chi connectivity index (χ1n) is 10.3. The van der Waals surface area contributed by atoms with E-state index in [4.69, 9.17) is 9.72 Å². The zero-order valence-electron chi connectivity index (χ0n) is 17.2. The van der Waals surface area contributed by atoms with Gasteiger partial charge in [-0.1, -0.05) is 17.4 Å². The van der Waals surface area contributed by atoms with Crippen LogP contribution in [0.1, 0.15) is 24.3 Å². The van der Waals surface area contributed by atoms with Crippen molar-refractivity contribution in [3.05, 3.63) is 65.2 Å². The summed E-state index contributed by atoms with van der Waals surface area (Å²) in [5.41, 5.74) is 4.71. The average Bonchev–Trinajstić information content (AvgIpc) is 3.42. The zero-order valence-corrected chi connectivity index (χ0v) is 18.0. The molecule has 0 bridgehead atoms. The van der Waals surface area contributed by atoms with Crippen molar-refractivity contribution in [1.29, 1.82) is 0 Å². The first kappa shape index (κ1) is 20.0. The fourth-order valence-electron chi connectivity index (χ4n) is 4.03. The number of ether oxygens (including phenoxy) is 1. The summed E-state index contributed by atoms with van der Waals surface area (Å²) < 4.78 is 21.9. The summed E-state index contributed by atoms with van der Waals surface area (Å²) in [5, 5.41) is 12.8. The van der Waals surface area contributed by atoms with Crippen molar-refractivity contribution in [1.82, 2.24) is 24.6 Å². The molecular weight excluding hydrogens is 415 g/mol. The molecule has 4 aromatic rings. The molecule has 7 nitrogen and oxygen atoms in total. The maximum absolute atomic E-state index is 13.8. The number of anilines is 2. The van der Waals surface area contributed by atoms with E-state index in [1.165, 1.54) is 23.0 Å². The molecule has 1 aromatic carbocycles. The lowest BCUT2D eigenvalue weighted by Crippen LogP contribution is -2.38. The van der Waals surface area contributed by atoms with Crippen molar-refractivity contribution in [3.8, 4) is 0 Å². The Labute approximate surface area is 183 Å².